The van der Waals surface area contributed by atoms with Crippen LogP contribution in [0.4, 0.5) is 0 Å². The number of methoxy groups -OCH3 is 2. The van der Waals surface area contributed by atoms with Crippen molar-refractivity contribution in [3.05, 3.63) is 46.6 Å². The molecule has 0 bridgehead atoms. The lowest BCUT2D eigenvalue weighted by atomic mass is 9.77. The van der Waals surface area contributed by atoms with Crippen LogP contribution >= 0.6 is 0 Å². The molecule has 0 saturated carbocycles. The van der Waals surface area contributed by atoms with E-state index in [1.165, 1.54) is 46.3 Å². The first-order valence-electron chi connectivity index (χ1n) is 11.3. The van der Waals surface area contributed by atoms with Crippen molar-refractivity contribution >= 4 is 23.7 Å². The fourth-order valence-corrected chi connectivity index (χ4v) is 5.49. The van der Waals surface area contributed by atoms with Gasteiger partial charge in [0, 0.05) is 24.8 Å². The summed E-state index contributed by atoms with van der Waals surface area (Å²) in [5, 5.41) is 0. The van der Waals surface area contributed by atoms with Gasteiger partial charge in [0.25, 0.3) is 0 Å². The Labute approximate surface area is 203 Å². The topological polar surface area (TPSA) is 114 Å². The molecule has 0 spiro atoms. The highest BCUT2D eigenvalue weighted by Crippen LogP contribution is 2.51. The maximum absolute atomic E-state index is 13.2. The van der Waals surface area contributed by atoms with Gasteiger partial charge in [-0.2, -0.15) is 0 Å². The van der Waals surface area contributed by atoms with Crippen molar-refractivity contribution in [1.82, 2.24) is 0 Å². The Morgan fingerprint density at radius 1 is 1.09 bits per heavy atom. The second kappa shape index (κ2) is 8.87. The zero-order chi connectivity index (χ0) is 25.7. The predicted molar refractivity (Wildman–Crippen MR) is 122 cm³/mol. The number of hydrogen-bond acceptors (Lipinski definition) is 9. The Kier molecular flexibility index (Phi) is 6.21. The molecule has 0 amide bonds. The third-order valence-corrected chi connectivity index (χ3v) is 6.99. The van der Waals surface area contributed by atoms with Crippen LogP contribution in [0.15, 0.2) is 41.0 Å². The summed E-state index contributed by atoms with van der Waals surface area (Å²) in [5.41, 5.74) is 0.517. The second-order valence-corrected chi connectivity index (χ2v) is 9.24. The molecule has 35 heavy (non-hydrogen) atoms. The van der Waals surface area contributed by atoms with Crippen LogP contribution in [0.25, 0.3) is 0 Å². The number of ketones is 1. The first-order valence-corrected chi connectivity index (χ1v) is 11.3. The summed E-state index contributed by atoms with van der Waals surface area (Å²) in [5.74, 6) is -2.77. The lowest BCUT2D eigenvalue weighted by Gasteiger charge is -2.34. The summed E-state index contributed by atoms with van der Waals surface area (Å²) in [7, 11) is 2.94. The number of allylic oxidation sites excluding steroid dienone is 1. The van der Waals surface area contributed by atoms with E-state index in [2.05, 4.69) is 0 Å². The Hall–Kier alpha value is -3.62. The number of benzene rings is 1. The van der Waals surface area contributed by atoms with Crippen molar-refractivity contribution in [2.24, 2.45) is 11.8 Å². The van der Waals surface area contributed by atoms with Crippen molar-refractivity contribution in [3.8, 4) is 11.5 Å². The van der Waals surface area contributed by atoms with Crippen molar-refractivity contribution in [1.29, 1.82) is 0 Å². The molecule has 5 unspecified atom stereocenters. The normalized spacial score (nSPS) is 29.5. The van der Waals surface area contributed by atoms with E-state index in [1.54, 1.807) is 19.9 Å². The lowest BCUT2D eigenvalue weighted by molar-refractivity contribution is -0.174. The highest BCUT2D eigenvalue weighted by molar-refractivity contribution is 6.09. The van der Waals surface area contributed by atoms with Gasteiger partial charge >= 0.3 is 17.9 Å². The summed E-state index contributed by atoms with van der Waals surface area (Å²) >= 11 is 0. The summed E-state index contributed by atoms with van der Waals surface area (Å²) < 4.78 is 27.7. The summed E-state index contributed by atoms with van der Waals surface area (Å²) in [6, 6.07) is 4.62. The molecule has 2 aliphatic carbocycles. The van der Waals surface area contributed by atoms with E-state index in [0.29, 0.717) is 17.1 Å². The number of ether oxygens (including phenoxy) is 5. The lowest BCUT2D eigenvalue weighted by Crippen LogP contribution is -2.50. The summed E-state index contributed by atoms with van der Waals surface area (Å²) in [4.78, 5) is 51.0. The third kappa shape index (κ3) is 3.98. The molecule has 1 heterocycles. The first kappa shape index (κ1) is 24.5. The van der Waals surface area contributed by atoms with E-state index in [9.17, 15) is 19.2 Å². The fourth-order valence-electron chi connectivity index (χ4n) is 5.49. The summed E-state index contributed by atoms with van der Waals surface area (Å²) in [6.07, 6.45) is -0.0431. The zero-order valence-electron chi connectivity index (χ0n) is 20.5. The van der Waals surface area contributed by atoms with Crippen LogP contribution in [0, 0.1) is 11.8 Å². The highest BCUT2D eigenvalue weighted by atomic mass is 16.6. The van der Waals surface area contributed by atoms with Gasteiger partial charge < -0.3 is 23.7 Å². The van der Waals surface area contributed by atoms with E-state index >= 15 is 0 Å². The average molecular weight is 485 g/mol. The smallest absolute Gasteiger partial charge is 0.351 e. The molecule has 9 heteroatoms. The van der Waals surface area contributed by atoms with Crippen molar-refractivity contribution in [2.45, 2.75) is 51.9 Å². The highest BCUT2D eigenvalue weighted by Gasteiger charge is 2.65. The number of carbonyl (C=O) groups excluding carboxylic acids is 4. The molecule has 0 N–H and O–H groups in total. The number of esters is 3. The summed E-state index contributed by atoms with van der Waals surface area (Å²) in [6.45, 7) is 6.27. The van der Waals surface area contributed by atoms with Gasteiger partial charge in [-0.15, -0.1) is 0 Å². The largest absolute Gasteiger partial charge is 0.493 e. The first-order chi connectivity index (χ1) is 16.5. The molecule has 1 aromatic carbocycles. The van der Waals surface area contributed by atoms with Gasteiger partial charge in [0.15, 0.2) is 17.3 Å². The van der Waals surface area contributed by atoms with Crippen LogP contribution in [-0.2, 0) is 28.6 Å². The van der Waals surface area contributed by atoms with Crippen molar-refractivity contribution in [3.63, 3.8) is 0 Å². The van der Waals surface area contributed by atoms with Crippen LogP contribution in [0.3, 0.4) is 0 Å². The molecule has 1 aromatic rings. The molecule has 4 rings (SSSR count). The number of carbonyl (C=O) groups is 4. The van der Waals surface area contributed by atoms with E-state index in [4.69, 9.17) is 23.7 Å². The van der Waals surface area contributed by atoms with Crippen molar-refractivity contribution in [2.75, 3.05) is 14.2 Å². The monoisotopic (exact) mass is 484 g/mol. The van der Waals surface area contributed by atoms with Gasteiger partial charge in [0.2, 0.25) is 5.60 Å². The minimum atomic E-state index is -1.69. The molecule has 5 atom stereocenters. The Morgan fingerprint density at radius 3 is 2.40 bits per heavy atom. The van der Waals surface area contributed by atoms with E-state index < -0.39 is 47.6 Å². The maximum Gasteiger partial charge on any atom is 0.351 e. The molecule has 0 radical (unpaired) electrons. The predicted octanol–water partition coefficient (Wildman–Crippen LogP) is 2.96. The number of rotatable bonds is 5. The third-order valence-electron chi connectivity index (χ3n) is 6.99. The van der Waals surface area contributed by atoms with Gasteiger partial charge in [-0.05, 0) is 45.0 Å². The van der Waals surface area contributed by atoms with E-state index in [0.717, 1.165) is 11.1 Å². The van der Waals surface area contributed by atoms with Crippen LogP contribution in [0.1, 0.15) is 44.5 Å². The zero-order valence-corrected chi connectivity index (χ0v) is 20.5. The van der Waals surface area contributed by atoms with Gasteiger partial charge in [0.05, 0.1) is 25.7 Å². The number of fused-ring (bicyclic) bond motifs is 3. The van der Waals surface area contributed by atoms with Crippen LogP contribution < -0.4 is 9.47 Å². The molecule has 3 aliphatic rings. The van der Waals surface area contributed by atoms with Crippen molar-refractivity contribution < 1.29 is 42.9 Å². The van der Waals surface area contributed by atoms with Gasteiger partial charge in [-0.25, -0.2) is 9.59 Å². The Balaban J connectivity index is 1.76. The molecule has 9 nitrogen and oxygen atoms in total. The molecule has 1 aliphatic heterocycles. The molecule has 186 valence electrons. The van der Waals surface area contributed by atoms with Gasteiger partial charge in [0.1, 0.15) is 12.2 Å². The standard InChI is InChI=1S/C26H28O9/c1-12-9-16(28)20-13(2)10-19(33-24(29)15-7-8-17(31-5)18(11-15)32-6)22-23(21(12)20)34-25(30)26(22,4)35-14(3)27/h7-9,11,19,21-23H,10H2,1-6H3. The van der Waals surface area contributed by atoms with E-state index in [-0.39, 0.29) is 17.8 Å². The SMILES string of the molecule is COc1ccc(C(=O)OC2CC(C)=C3C(=O)C=C(C)C3C3OC(=O)C(C)(OC(C)=O)C23)cc1OC. The van der Waals surface area contributed by atoms with Crippen LogP contribution in [0.5, 0.6) is 11.5 Å². The minimum absolute atomic E-state index is 0.159. The minimum Gasteiger partial charge on any atom is -0.493 e. The second-order valence-electron chi connectivity index (χ2n) is 9.24. The molecule has 1 saturated heterocycles. The molecular weight excluding hydrogens is 456 g/mol. The Bertz CT molecular complexity index is 1180. The van der Waals surface area contributed by atoms with E-state index in [1.807, 2.05) is 0 Å². The maximum atomic E-state index is 13.2. The molecule has 0 aromatic heterocycles. The number of hydrogen-bond donors (Lipinski definition) is 0. The van der Waals surface area contributed by atoms with Gasteiger partial charge in [-0.1, -0.05) is 11.1 Å². The Morgan fingerprint density at radius 2 is 1.77 bits per heavy atom. The molecular formula is C26H28O9. The van der Waals surface area contributed by atoms with Gasteiger partial charge in [-0.3, -0.25) is 9.59 Å². The quantitative estimate of drug-likeness (QED) is 0.460. The fraction of sp³-hybridized carbons (Fsp3) is 0.462. The van der Waals surface area contributed by atoms with Crippen LogP contribution in [-0.4, -0.2) is 55.7 Å². The van der Waals surface area contributed by atoms with Crippen LogP contribution in [0.2, 0.25) is 0 Å². The molecule has 1 fully saturated rings. The average Bonchev–Trinajstić information content (AvgIpc) is 3.18.